The van der Waals surface area contributed by atoms with Gasteiger partial charge in [-0.2, -0.15) is 0 Å². The van der Waals surface area contributed by atoms with E-state index < -0.39 is 10.4 Å². The Hall–Kier alpha value is 0.478. The molecule has 0 heterocycles. The molecular weight excluding hydrogens is 415 g/mol. The molecule has 100 valence electrons. The van der Waals surface area contributed by atoms with E-state index in [4.69, 9.17) is 29.0 Å². The molecule has 0 aromatic rings. The Bertz CT molecular complexity index is 251. The first-order valence-electron chi connectivity index (χ1n) is 4.90. The molecule has 0 unspecified atom stereocenters. The second-order valence-electron chi connectivity index (χ2n) is 3.88. The standard InChI is InChI=1S/C8H18N2.H2O4S.Pt/c9-6-8(7-10)4-2-1-3-5-8;1-5(2,3)4;/h1-7,9-10H2;(H2,1,2,3,4);/q;;+2/p-2. The molecule has 0 aromatic carbocycles. The van der Waals surface area contributed by atoms with Crippen LogP contribution in [0.5, 0.6) is 0 Å². The molecule has 1 saturated carbocycles. The Morgan fingerprint density at radius 3 is 1.50 bits per heavy atom. The number of nitrogens with two attached hydrogens (primary N) is 2. The molecule has 0 radical (unpaired) electrons. The average molecular weight is 433 g/mol. The summed E-state index contributed by atoms with van der Waals surface area (Å²) < 4.78 is 34.1. The van der Waals surface area contributed by atoms with Crippen molar-refractivity contribution in [3.63, 3.8) is 0 Å². The first-order valence-corrected chi connectivity index (χ1v) is 6.23. The summed E-state index contributed by atoms with van der Waals surface area (Å²) in [5, 5.41) is 0. The van der Waals surface area contributed by atoms with Gasteiger partial charge in [0.2, 0.25) is 0 Å². The predicted octanol–water partition coefficient (Wildman–Crippen LogP) is -0.486. The minimum atomic E-state index is -5.17. The van der Waals surface area contributed by atoms with Gasteiger partial charge in [-0.15, -0.1) is 0 Å². The van der Waals surface area contributed by atoms with E-state index in [1.165, 1.54) is 32.1 Å². The van der Waals surface area contributed by atoms with Gasteiger partial charge in [0.1, 0.15) is 0 Å². The van der Waals surface area contributed by atoms with Crippen LogP contribution >= 0.6 is 0 Å². The maximum absolute atomic E-state index is 8.52. The molecule has 0 aromatic heterocycles. The van der Waals surface area contributed by atoms with Crippen LogP contribution in [0.4, 0.5) is 0 Å². The van der Waals surface area contributed by atoms with Crippen LogP contribution < -0.4 is 11.5 Å². The molecule has 1 aliphatic carbocycles. The Labute approximate surface area is 111 Å². The molecule has 0 atom stereocenters. The maximum atomic E-state index is 8.52. The fourth-order valence-electron chi connectivity index (χ4n) is 1.79. The molecule has 6 nitrogen and oxygen atoms in total. The SMILES string of the molecule is NCC1(CN)CCCCC1.O=S(=O)([O-])[O-].[Pt+2]. The molecule has 0 aliphatic heterocycles. The van der Waals surface area contributed by atoms with Crippen molar-refractivity contribution in [3.05, 3.63) is 0 Å². The normalized spacial score (nSPS) is 19.0. The summed E-state index contributed by atoms with van der Waals surface area (Å²) in [6.45, 7) is 1.56. The third-order valence-corrected chi connectivity index (χ3v) is 2.78. The number of rotatable bonds is 2. The molecule has 1 fully saturated rings. The van der Waals surface area contributed by atoms with Crippen LogP contribution in [0.25, 0.3) is 0 Å². The predicted molar refractivity (Wildman–Crippen MR) is 54.1 cm³/mol. The van der Waals surface area contributed by atoms with Crippen molar-refractivity contribution >= 4 is 10.4 Å². The van der Waals surface area contributed by atoms with Gasteiger partial charge in [-0.05, 0) is 31.3 Å². The van der Waals surface area contributed by atoms with E-state index in [1.54, 1.807) is 0 Å². The quantitative estimate of drug-likeness (QED) is 0.446. The van der Waals surface area contributed by atoms with Gasteiger partial charge in [0.05, 0.1) is 0 Å². The molecule has 16 heavy (non-hydrogen) atoms. The molecule has 8 heteroatoms. The summed E-state index contributed by atoms with van der Waals surface area (Å²) in [6.07, 6.45) is 6.53. The molecule has 1 aliphatic rings. The zero-order valence-electron chi connectivity index (χ0n) is 8.96. The van der Waals surface area contributed by atoms with Gasteiger partial charge in [-0.1, -0.05) is 19.3 Å². The van der Waals surface area contributed by atoms with Crippen molar-refractivity contribution < 1.29 is 38.6 Å². The summed E-state index contributed by atoms with van der Waals surface area (Å²) in [5.74, 6) is 0. The average Bonchev–Trinajstić information content (AvgIpc) is 2.16. The van der Waals surface area contributed by atoms with E-state index in [0.29, 0.717) is 5.41 Å². The van der Waals surface area contributed by atoms with Gasteiger partial charge in [0.15, 0.2) is 0 Å². The van der Waals surface area contributed by atoms with Crippen molar-refractivity contribution in [1.29, 1.82) is 0 Å². The first-order chi connectivity index (χ1) is 6.83. The topological polar surface area (TPSA) is 132 Å². The smallest absolute Gasteiger partial charge is 0.759 e. The van der Waals surface area contributed by atoms with Gasteiger partial charge in [0, 0.05) is 10.4 Å². The van der Waals surface area contributed by atoms with Crippen LogP contribution in [0, 0.1) is 5.41 Å². The minimum Gasteiger partial charge on any atom is -0.759 e. The van der Waals surface area contributed by atoms with Crippen LogP contribution in [0.2, 0.25) is 0 Å². The molecule has 0 amide bonds. The first kappa shape index (κ1) is 18.8. The fraction of sp³-hybridized carbons (Fsp3) is 1.00. The summed E-state index contributed by atoms with van der Waals surface area (Å²) in [4.78, 5) is 0. The van der Waals surface area contributed by atoms with Crippen molar-refractivity contribution in [3.8, 4) is 0 Å². The second-order valence-corrected chi connectivity index (χ2v) is 4.69. The van der Waals surface area contributed by atoms with E-state index in [2.05, 4.69) is 0 Å². The van der Waals surface area contributed by atoms with Crippen LogP contribution in [0.3, 0.4) is 0 Å². The van der Waals surface area contributed by atoms with E-state index in [9.17, 15) is 0 Å². The molecule has 0 saturated heterocycles. The Balaban J connectivity index is 0. The zero-order chi connectivity index (χ0) is 11.9. The van der Waals surface area contributed by atoms with E-state index in [0.717, 1.165) is 13.1 Å². The van der Waals surface area contributed by atoms with Gasteiger partial charge in [-0.25, -0.2) is 0 Å². The van der Waals surface area contributed by atoms with Crippen LogP contribution in [0.1, 0.15) is 32.1 Å². The fourth-order valence-corrected chi connectivity index (χ4v) is 1.79. The Morgan fingerprint density at radius 1 is 1.00 bits per heavy atom. The van der Waals surface area contributed by atoms with E-state index in [1.807, 2.05) is 0 Å². The molecule has 4 N–H and O–H groups in total. The largest absolute Gasteiger partial charge is 2.00 e. The second kappa shape index (κ2) is 8.55. The number of hydrogen-bond donors (Lipinski definition) is 2. The third-order valence-electron chi connectivity index (χ3n) is 2.78. The zero-order valence-corrected chi connectivity index (χ0v) is 12.1. The number of hydrogen-bond acceptors (Lipinski definition) is 6. The third kappa shape index (κ3) is 9.69. The van der Waals surface area contributed by atoms with Gasteiger partial charge in [-0.3, -0.25) is 8.42 Å². The van der Waals surface area contributed by atoms with E-state index >= 15 is 0 Å². The molecule has 1 rings (SSSR count). The Morgan fingerprint density at radius 2 is 1.31 bits per heavy atom. The van der Waals surface area contributed by atoms with E-state index in [-0.39, 0.29) is 21.1 Å². The van der Waals surface area contributed by atoms with Crippen LogP contribution in [-0.2, 0) is 31.5 Å². The summed E-state index contributed by atoms with van der Waals surface area (Å²) in [6, 6.07) is 0. The van der Waals surface area contributed by atoms with Crippen molar-refractivity contribution in [2.45, 2.75) is 32.1 Å². The van der Waals surface area contributed by atoms with Crippen molar-refractivity contribution in [1.82, 2.24) is 0 Å². The summed E-state index contributed by atoms with van der Waals surface area (Å²) >= 11 is 0. The maximum Gasteiger partial charge on any atom is 2.00 e. The van der Waals surface area contributed by atoms with Crippen molar-refractivity contribution in [2.75, 3.05) is 13.1 Å². The van der Waals surface area contributed by atoms with Gasteiger partial charge < -0.3 is 20.6 Å². The molecule has 0 spiro atoms. The minimum absolute atomic E-state index is 0. The Kier molecular flexibility index (Phi) is 10.1. The van der Waals surface area contributed by atoms with Crippen LogP contribution in [0.15, 0.2) is 0 Å². The van der Waals surface area contributed by atoms with Gasteiger partial charge >= 0.3 is 21.1 Å². The summed E-state index contributed by atoms with van der Waals surface area (Å²) in [5.41, 5.74) is 11.7. The molecular formula is C8H18N2O4PtS. The summed E-state index contributed by atoms with van der Waals surface area (Å²) in [7, 11) is -5.17. The monoisotopic (exact) mass is 433 g/mol. The van der Waals surface area contributed by atoms with Crippen molar-refractivity contribution in [2.24, 2.45) is 16.9 Å². The molecule has 0 bridgehead atoms. The van der Waals surface area contributed by atoms with Gasteiger partial charge in [0.25, 0.3) is 0 Å². The van der Waals surface area contributed by atoms with Crippen LogP contribution in [-0.4, -0.2) is 30.6 Å².